The zero-order valence-corrected chi connectivity index (χ0v) is 18.9. The number of rotatable bonds is 1. The second-order valence-corrected chi connectivity index (χ2v) is 9.85. The Morgan fingerprint density at radius 1 is 1.10 bits per heavy atom. The molecule has 0 radical (unpaired) electrons. The van der Waals surface area contributed by atoms with Crippen LogP contribution in [-0.4, -0.2) is 4.98 Å². The largest absolute Gasteiger partial charge is 0.457 e. The van der Waals surface area contributed by atoms with Crippen LogP contribution in [-0.2, 0) is 13.5 Å². The Hall–Kier alpha value is -3.45. The van der Waals surface area contributed by atoms with Crippen LogP contribution in [0.5, 0.6) is 11.5 Å². The summed E-state index contributed by atoms with van der Waals surface area (Å²) < 4.78 is 8.73. The van der Waals surface area contributed by atoms with Crippen molar-refractivity contribution in [2.24, 2.45) is 12.5 Å². The monoisotopic (exact) mass is 408 g/mol. The summed E-state index contributed by atoms with van der Waals surface area (Å²) in [6.45, 7) is 18.6. The molecule has 4 heteroatoms. The Morgan fingerprint density at radius 2 is 1.87 bits per heavy atom. The van der Waals surface area contributed by atoms with Crippen LogP contribution >= 0.6 is 0 Å². The first-order valence-electron chi connectivity index (χ1n) is 10.6. The smallest absolute Gasteiger partial charge is 0.287 e. The summed E-state index contributed by atoms with van der Waals surface area (Å²) in [4.78, 5) is 8.24. The van der Waals surface area contributed by atoms with Gasteiger partial charge in [-0.15, -0.1) is 0 Å². The van der Waals surface area contributed by atoms with Gasteiger partial charge in [0, 0.05) is 5.56 Å². The standard InChI is InChI=1S/C27H26N3O/c1-15-8-9-18-19(10-15)16(2)23-25-24-21(29-14-30(25)7)11-17(28-6)12-22(24)31-26(23)20(18)13-27(3,4)5/h8-12,14H,13H2,1-5,7H3/q+1. The Labute approximate surface area is 182 Å². The molecule has 2 heterocycles. The van der Waals surface area contributed by atoms with Gasteiger partial charge in [-0.05, 0) is 59.1 Å². The van der Waals surface area contributed by atoms with E-state index in [2.05, 4.69) is 67.2 Å². The van der Waals surface area contributed by atoms with Gasteiger partial charge in [0.25, 0.3) is 6.33 Å². The molecule has 154 valence electrons. The molecule has 3 aromatic carbocycles. The van der Waals surface area contributed by atoms with Gasteiger partial charge in [-0.3, -0.25) is 0 Å². The predicted molar refractivity (Wildman–Crippen MR) is 125 cm³/mol. The Bertz CT molecular complexity index is 1450. The van der Waals surface area contributed by atoms with Gasteiger partial charge in [-0.2, -0.15) is 0 Å². The highest BCUT2D eigenvalue weighted by Gasteiger charge is 2.33. The molecule has 5 rings (SSSR count). The minimum absolute atomic E-state index is 0.0958. The van der Waals surface area contributed by atoms with Crippen molar-refractivity contribution in [3.8, 4) is 22.8 Å². The lowest BCUT2D eigenvalue weighted by molar-refractivity contribution is -0.662. The van der Waals surface area contributed by atoms with Crippen molar-refractivity contribution >= 4 is 27.4 Å². The average molecular weight is 409 g/mol. The molecule has 0 N–H and O–H groups in total. The van der Waals surface area contributed by atoms with E-state index in [0.29, 0.717) is 5.69 Å². The fourth-order valence-corrected chi connectivity index (χ4v) is 4.78. The lowest BCUT2D eigenvalue weighted by Crippen LogP contribution is -2.33. The molecule has 1 aliphatic heterocycles. The van der Waals surface area contributed by atoms with Gasteiger partial charge in [0.2, 0.25) is 0 Å². The fourth-order valence-electron chi connectivity index (χ4n) is 4.78. The normalized spacial score (nSPS) is 12.5. The van der Waals surface area contributed by atoms with E-state index < -0.39 is 0 Å². The van der Waals surface area contributed by atoms with E-state index in [-0.39, 0.29) is 5.41 Å². The number of hydrogen-bond acceptors (Lipinski definition) is 2. The number of hydrogen-bond donors (Lipinski definition) is 0. The van der Waals surface area contributed by atoms with Crippen LogP contribution in [0.4, 0.5) is 5.69 Å². The molecule has 4 aromatic rings. The molecule has 0 aliphatic carbocycles. The van der Waals surface area contributed by atoms with Crippen molar-refractivity contribution in [2.75, 3.05) is 0 Å². The first-order valence-corrected chi connectivity index (χ1v) is 10.6. The lowest BCUT2D eigenvalue weighted by Gasteiger charge is -2.28. The average Bonchev–Trinajstić information content (AvgIpc) is 2.72. The number of ether oxygens (including phenoxy) is 1. The van der Waals surface area contributed by atoms with E-state index in [1.165, 1.54) is 27.5 Å². The second-order valence-electron chi connectivity index (χ2n) is 9.85. The molecule has 1 aromatic heterocycles. The fraction of sp³-hybridized carbons (Fsp3) is 0.296. The van der Waals surface area contributed by atoms with Crippen LogP contribution in [0.1, 0.15) is 37.5 Å². The van der Waals surface area contributed by atoms with Gasteiger partial charge in [-0.25, -0.2) is 9.41 Å². The van der Waals surface area contributed by atoms with Crippen molar-refractivity contribution in [3.05, 3.63) is 64.8 Å². The number of aromatic nitrogens is 2. The van der Waals surface area contributed by atoms with Gasteiger partial charge in [-0.1, -0.05) is 44.5 Å². The molecule has 0 fully saturated rings. The Kier molecular flexibility index (Phi) is 4.10. The molecule has 0 saturated carbocycles. The SMILES string of the molecule is [C-]#[N+]c1cc2c3c([n+](C)cnc3c1)-c1c(c(CC(C)(C)C)c3ccc(C)cc3c1C)O2. The highest BCUT2D eigenvalue weighted by atomic mass is 16.5. The summed E-state index contributed by atoms with van der Waals surface area (Å²) in [6.07, 6.45) is 2.73. The highest BCUT2D eigenvalue weighted by Crippen LogP contribution is 2.52. The van der Waals surface area contributed by atoms with Crippen LogP contribution in [0, 0.1) is 25.8 Å². The van der Waals surface area contributed by atoms with Crippen molar-refractivity contribution in [2.45, 2.75) is 41.0 Å². The zero-order chi connectivity index (χ0) is 22.1. The van der Waals surface area contributed by atoms with Gasteiger partial charge < -0.3 is 4.74 Å². The predicted octanol–water partition coefficient (Wildman–Crippen LogP) is 6.74. The number of aryl methyl sites for hydroxylation is 3. The topological polar surface area (TPSA) is 30.4 Å². The molecule has 4 nitrogen and oxygen atoms in total. The molecule has 0 amide bonds. The zero-order valence-electron chi connectivity index (χ0n) is 18.9. The maximum Gasteiger partial charge on any atom is 0.287 e. The van der Waals surface area contributed by atoms with E-state index >= 15 is 0 Å². The van der Waals surface area contributed by atoms with E-state index in [9.17, 15) is 0 Å². The molecule has 1 aliphatic rings. The third-order valence-corrected chi connectivity index (χ3v) is 6.09. The van der Waals surface area contributed by atoms with E-state index in [1.54, 1.807) is 0 Å². The van der Waals surface area contributed by atoms with Crippen LogP contribution < -0.4 is 9.30 Å². The van der Waals surface area contributed by atoms with Crippen molar-refractivity contribution < 1.29 is 9.30 Å². The maximum atomic E-state index is 7.51. The van der Waals surface area contributed by atoms with Crippen molar-refractivity contribution in [3.63, 3.8) is 0 Å². The number of fused-ring (bicyclic) bond motifs is 3. The Balaban J connectivity index is 1.99. The summed E-state index contributed by atoms with van der Waals surface area (Å²) in [5.41, 5.74) is 7.37. The Morgan fingerprint density at radius 3 is 2.58 bits per heavy atom. The maximum absolute atomic E-state index is 7.51. The summed E-state index contributed by atoms with van der Waals surface area (Å²) in [5.74, 6) is 1.64. The molecule has 0 atom stereocenters. The van der Waals surface area contributed by atoms with Gasteiger partial charge >= 0.3 is 0 Å². The molecule has 0 saturated heterocycles. The second kappa shape index (κ2) is 6.52. The van der Waals surface area contributed by atoms with Gasteiger partial charge in [0.15, 0.2) is 16.9 Å². The third-order valence-electron chi connectivity index (χ3n) is 6.09. The highest BCUT2D eigenvalue weighted by molar-refractivity contribution is 6.06. The number of benzene rings is 3. The van der Waals surface area contributed by atoms with Crippen molar-refractivity contribution in [1.29, 1.82) is 0 Å². The molecular weight excluding hydrogens is 382 g/mol. The minimum atomic E-state index is 0.0958. The lowest BCUT2D eigenvalue weighted by atomic mass is 9.81. The minimum Gasteiger partial charge on any atom is -0.457 e. The summed E-state index contributed by atoms with van der Waals surface area (Å²) in [5, 5.41) is 3.49. The number of nitrogens with zero attached hydrogens (tertiary/aromatic N) is 3. The molecule has 0 unspecified atom stereocenters. The van der Waals surface area contributed by atoms with Gasteiger partial charge in [0.1, 0.15) is 16.9 Å². The van der Waals surface area contributed by atoms with Crippen molar-refractivity contribution in [1.82, 2.24) is 4.98 Å². The van der Waals surface area contributed by atoms with Crippen LogP contribution in [0.2, 0.25) is 0 Å². The van der Waals surface area contributed by atoms with E-state index in [0.717, 1.165) is 40.1 Å². The third kappa shape index (κ3) is 2.96. The summed E-state index contributed by atoms with van der Waals surface area (Å²) in [7, 11) is 2.03. The molecule has 31 heavy (non-hydrogen) atoms. The first-order chi connectivity index (χ1) is 14.7. The van der Waals surface area contributed by atoms with Crippen LogP contribution in [0.3, 0.4) is 0 Å². The molecule has 0 bridgehead atoms. The summed E-state index contributed by atoms with van der Waals surface area (Å²) >= 11 is 0. The van der Waals surface area contributed by atoms with Gasteiger partial charge in [0.05, 0.1) is 19.2 Å². The van der Waals surface area contributed by atoms with Crippen LogP contribution in [0.25, 0.3) is 37.8 Å². The van der Waals surface area contributed by atoms with E-state index in [1.807, 2.05) is 25.5 Å². The van der Waals surface area contributed by atoms with Crippen LogP contribution in [0.15, 0.2) is 36.7 Å². The first kappa shape index (κ1) is 19.5. The molecular formula is C27H26N3O+. The molecule has 0 spiro atoms. The quantitative estimate of drug-likeness (QED) is 0.227. The van der Waals surface area contributed by atoms with E-state index in [4.69, 9.17) is 11.3 Å². The summed E-state index contributed by atoms with van der Waals surface area (Å²) in [6, 6.07) is 10.4.